The zero-order valence-electron chi connectivity index (χ0n) is 17.1. The molecule has 2 aliphatic heterocycles. The van der Waals surface area contributed by atoms with E-state index in [9.17, 15) is 0 Å². The predicted octanol–water partition coefficient (Wildman–Crippen LogP) is 5.94. The highest BCUT2D eigenvalue weighted by molar-refractivity contribution is 7.99. The smallest absolute Gasteiger partial charge is 0.0544 e. The third-order valence-corrected chi connectivity index (χ3v) is 7.52. The summed E-state index contributed by atoms with van der Waals surface area (Å²) in [7, 11) is 2.31. The van der Waals surface area contributed by atoms with Crippen molar-refractivity contribution in [3.63, 3.8) is 0 Å². The van der Waals surface area contributed by atoms with Crippen LogP contribution in [0.3, 0.4) is 0 Å². The van der Waals surface area contributed by atoms with Crippen molar-refractivity contribution in [3.8, 4) is 0 Å². The Labute approximate surface area is 168 Å². The number of nitrogens with zero attached hydrogens (tertiary/aromatic N) is 2. The Hall–Kier alpha value is -1.45. The van der Waals surface area contributed by atoms with E-state index in [1.165, 1.54) is 53.4 Å². The van der Waals surface area contributed by atoms with Crippen molar-refractivity contribution in [2.45, 2.75) is 67.8 Å². The Morgan fingerprint density at radius 1 is 1.15 bits per heavy atom. The summed E-state index contributed by atoms with van der Waals surface area (Å²) in [5.41, 5.74) is 4.36. The summed E-state index contributed by atoms with van der Waals surface area (Å²) in [4.78, 5) is 8.04. The minimum Gasteiger partial charge on any atom is -0.370 e. The summed E-state index contributed by atoms with van der Waals surface area (Å²) in [5.74, 6) is 0.650. The maximum absolute atomic E-state index is 2.73. The van der Waals surface area contributed by atoms with Crippen molar-refractivity contribution in [1.29, 1.82) is 0 Å². The fourth-order valence-electron chi connectivity index (χ4n) is 4.93. The molecule has 0 bridgehead atoms. The van der Waals surface area contributed by atoms with Crippen LogP contribution in [-0.4, -0.2) is 37.1 Å². The molecule has 3 atom stereocenters. The lowest BCUT2D eigenvalue weighted by Crippen LogP contribution is -2.48. The molecule has 0 aliphatic carbocycles. The molecule has 2 aliphatic rings. The summed E-state index contributed by atoms with van der Waals surface area (Å²) >= 11 is 1.91. The second kappa shape index (κ2) is 7.89. The van der Waals surface area contributed by atoms with Crippen LogP contribution in [0.4, 0.5) is 5.69 Å². The summed E-state index contributed by atoms with van der Waals surface area (Å²) in [6, 6.07) is 17.2. The molecule has 3 heteroatoms. The number of likely N-dealkylation sites (tertiary alicyclic amines) is 1. The summed E-state index contributed by atoms with van der Waals surface area (Å²) in [6.07, 6.45) is 3.86. The highest BCUT2D eigenvalue weighted by atomic mass is 32.2. The van der Waals surface area contributed by atoms with Gasteiger partial charge in [0, 0.05) is 47.9 Å². The maximum Gasteiger partial charge on any atom is 0.0544 e. The zero-order chi connectivity index (χ0) is 19.0. The van der Waals surface area contributed by atoms with Gasteiger partial charge < -0.3 is 4.90 Å². The largest absolute Gasteiger partial charge is 0.370 e. The van der Waals surface area contributed by atoms with Crippen LogP contribution in [0.25, 0.3) is 0 Å². The first kappa shape index (κ1) is 18.9. The van der Waals surface area contributed by atoms with E-state index >= 15 is 0 Å². The highest BCUT2D eigenvalue weighted by Crippen LogP contribution is 2.49. The number of rotatable bonds is 5. The molecule has 144 valence electrons. The van der Waals surface area contributed by atoms with Crippen LogP contribution >= 0.6 is 11.8 Å². The SMILES string of the molecule is CCCC(C)N1CC[C@H]2C(C1)c1cccc(Sc3ccc(C)cc3)c1N2C. The molecule has 0 spiro atoms. The molecule has 2 unspecified atom stereocenters. The van der Waals surface area contributed by atoms with Crippen LogP contribution in [0.5, 0.6) is 0 Å². The fraction of sp³-hybridized carbons (Fsp3) is 0.500. The van der Waals surface area contributed by atoms with Crippen LogP contribution in [0.15, 0.2) is 52.3 Å². The normalized spacial score (nSPS) is 23.2. The minimum absolute atomic E-state index is 0.650. The molecule has 27 heavy (non-hydrogen) atoms. The van der Waals surface area contributed by atoms with E-state index in [2.05, 4.69) is 80.1 Å². The third-order valence-electron chi connectivity index (χ3n) is 6.47. The second-order valence-corrected chi connectivity index (χ2v) is 9.43. The van der Waals surface area contributed by atoms with Crippen molar-refractivity contribution < 1.29 is 0 Å². The first-order chi connectivity index (χ1) is 13.1. The van der Waals surface area contributed by atoms with E-state index in [1.54, 1.807) is 5.56 Å². The maximum atomic E-state index is 2.73. The first-order valence-corrected chi connectivity index (χ1v) is 11.2. The summed E-state index contributed by atoms with van der Waals surface area (Å²) < 4.78 is 0. The molecule has 1 fully saturated rings. The molecule has 2 aromatic rings. The van der Waals surface area contributed by atoms with Crippen LogP contribution < -0.4 is 4.90 Å². The van der Waals surface area contributed by atoms with Crippen molar-refractivity contribution in [1.82, 2.24) is 4.90 Å². The lowest BCUT2D eigenvalue weighted by Gasteiger charge is -2.40. The van der Waals surface area contributed by atoms with E-state index in [-0.39, 0.29) is 0 Å². The standard InChI is InChI=1S/C24H32N2S/c1-5-7-18(3)26-15-14-22-21(16-26)20-8-6-9-23(24(20)25(22)4)27-19-12-10-17(2)11-13-19/h6,8-13,18,21-22H,5,7,14-16H2,1-4H3/t18?,21?,22-/m0/s1. The quantitative estimate of drug-likeness (QED) is 0.633. The van der Waals surface area contributed by atoms with Gasteiger partial charge in [-0.25, -0.2) is 0 Å². The van der Waals surface area contributed by atoms with Gasteiger partial charge in [-0.3, -0.25) is 4.90 Å². The van der Waals surface area contributed by atoms with Crippen LogP contribution in [0, 0.1) is 6.92 Å². The predicted molar refractivity (Wildman–Crippen MR) is 117 cm³/mol. The van der Waals surface area contributed by atoms with E-state index in [1.807, 2.05) is 11.8 Å². The number of benzene rings is 2. The van der Waals surface area contributed by atoms with Gasteiger partial charge in [0.05, 0.1) is 5.69 Å². The third kappa shape index (κ3) is 3.64. The molecule has 2 aromatic carbocycles. The van der Waals surface area contributed by atoms with Gasteiger partial charge in [-0.05, 0) is 50.5 Å². The molecule has 0 aromatic heterocycles. The topological polar surface area (TPSA) is 6.48 Å². The molecular formula is C24H32N2S. The van der Waals surface area contributed by atoms with Gasteiger partial charge in [0.25, 0.3) is 0 Å². The van der Waals surface area contributed by atoms with Crippen LogP contribution in [-0.2, 0) is 0 Å². The lowest BCUT2D eigenvalue weighted by atomic mass is 9.88. The monoisotopic (exact) mass is 380 g/mol. The minimum atomic E-state index is 0.650. The van der Waals surface area contributed by atoms with Crippen molar-refractivity contribution in [3.05, 3.63) is 53.6 Å². The molecule has 0 saturated carbocycles. The van der Waals surface area contributed by atoms with Crippen LogP contribution in [0.1, 0.15) is 50.2 Å². The zero-order valence-corrected chi connectivity index (χ0v) is 17.9. The molecule has 0 N–H and O–H groups in total. The Kier molecular flexibility index (Phi) is 5.52. The van der Waals surface area contributed by atoms with Crippen LogP contribution in [0.2, 0.25) is 0 Å². The van der Waals surface area contributed by atoms with Crippen molar-refractivity contribution >= 4 is 17.4 Å². The molecule has 4 rings (SSSR count). The van der Waals surface area contributed by atoms with Gasteiger partial charge in [0.1, 0.15) is 0 Å². The number of fused-ring (bicyclic) bond motifs is 3. The van der Waals surface area contributed by atoms with Gasteiger partial charge in [-0.2, -0.15) is 0 Å². The lowest BCUT2D eigenvalue weighted by molar-refractivity contribution is 0.142. The number of hydrogen-bond donors (Lipinski definition) is 0. The Morgan fingerprint density at radius 2 is 1.93 bits per heavy atom. The van der Waals surface area contributed by atoms with Gasteiger partial charge >= 0.3 is 0 Å². The number of piperidine rings is 1. The Bertz CT molecular complexity index is 785. The summed E-state index contributed by atoms with van der Waals surface area (Å²) in [5, 5.41) is 0. The molecule has 2 nitrogen and oxygen atoms in total. The Balaban J connectivity index is 1.61. The van der Waals surface area contributed by atoms with Crippen molar-refractivity contribution in [2.24, 2.45) is 0 Å². The number of likely N-dealkylation sites (N-methyl/N-ethyl adjacent to an activating group) is 1. The van der Waals surface area contributed by atoms with Gasteiger partial charge in [0.15, 0.2) is 0 Å². The molecule has 2 heterocycles. The van der Waals surface area contributed by atoms with E-state index in [0.29, 0.717) is 18.0 Å². The van der Waals surface area contributed by atoms with Crippen molar-refractivity contribution in [2.75, 3.05) is 25.0 Å². The van der Waals surface area contributed by atoms with Gasteiger partial charge in [-0.15, -0.1) is 0 Å². The first-order valence-electron chi connectivity index (χ1n) is 10.4. The number of hydrogen-bond acceptors (Lipinski definition) is 3. The van der Waals surface area contributed by atoms with E-state index in [4.69, 9.17) is 0 Å². The molecule has 0 amide bonds. The van der Waals surface area contributed by atoms with Gasteiger partial charge in [0.2, 0.25) is 0 Å². The number of aryl methyl sites for hydroxylation is 1. The number of para-hydroxylation sites is 1. The Morgan fingerprint density at radius 3 is 2.67 bits per heavy atom. The van der Waals surface area contributed by atoms with E-state index in [0.717, 1.165) is 0 Å². The summed E-state index contributed by atoms with van der Waals surface area (Å²) in [6.45, 7) is 9.31. The second-order valence-electron chi connectivity index (χ2n) is 8.32. The van der Waals surface area contributed by atoms with E-state index < -0.39 is 0 Å². The van der Waals surface area contributed by atoms with Gasteiger partial charge in [-0.1, -0.05) is 54.9 Å². The molecule has 0 radical (unpaired) electrons. The molecular weight excluding hydrogens is 348 g/mol. The number of anilines is 1. The average molecular weight is 381 g/mol. The molecule has 1 saturated heterocycles. The average Bonchev–Trinajstić information content (AvgIpc) is 2.97. The highest BCUT2D eigenvalue weighted by Gasteiger charge is 2.42. The fourth-order valence-corrected chi connectivity index (χ4v) is 5.96.